The molecule has 2 nitrogen and oxygen atoms in total. The largest absolute Gasteiger partial charge is 0.293 e. The minimum Gasteiger partial charge on any atom is -0.293 e. The Hall–Kier alpha value is -4.44. The van der Waals surface area contributed by atoms with Gasteiger partial charge in [-0.1, -0.05) is 72.8 Å². The van der Waals surface area contributed by atoms with Crippen LogP contribution in [-0.4, -0.2) is 11.6 Å². The molecule has 5 rings (SSSR count). The van der Waals surface area contributed by atoms with Crippen molar-refractivity contribution in [1.82, 2.24) is 0 Å². The lowest BCUT2D eigenvalue weighted by atomic mass is 9.69. The van der Waals surface area contributed by atoms with Crippen molar-refractivity contribution in [3.63, 3.8) is 0 Å². The first-order valence-corrected chi connectivity index (χ1v) is 11.6. The number of halogens is 2. The van der Waals surface area contributed by atoms with E-state index in [4.69, 9.17) is 0 Å². The van der Waals surface area contributed by atoms with E-state index in [1.807, 2.05) is 60.7 Å². The molecule has 176 valence electrons. The van der Waals surface area contributed by atoms with Crippen LogP contribution in [-0.2, 0) is 5.41 Å². The molecule has 0 aromatic heterocycles. The van der Waals surface area contributed by atoms with Crippen molar-refractivity contribution >= 4 is 17.1 Å². The van der Waals surface area contributed by atoms with Crippen molar-refractivity contribution in [2.24, 2.45) is 0 Å². The summed E-state index contributed by atoms with van der Waals surface area (Å²) in [5.41, 5.74) is 3.20. The normalized spacial score (nSPS) is 16.9. The van der Waals surface area contributed by atoms with Gasteiger partial charge >= 0.3 is 0 Å². The molecule has 4 heteroatoms. The summed E-state index contributed by atoms with van der Waals surface area (Å²) in [5, 5.41) is 0. The van der Waals surface area contributed by atoms with Crippen LogP contribution in [0.25, 0.3) is 5.57 Å². The SMILES string of the molecule is O=C(c1ccc(F)cc1)c1ccc(C2=CCC(C(=O)c3ccc(F)cc3)(c3ccccc3)C=C2)cc1. The van der Waals surface area contributed by atoms with E-state index in [-0.39, 0.29) is 23.2 Å². The first-order valence-electron chi connectivity index (χ1n) is 11.6. The van der Waals surface area contributed by atoms with Crippen molar-refractivity contribution in [1.29, 1.82) is 0 Å². The number of ketones is 2. The minimum absolute atomic E-state index is 0.0968. The highest BCUT2D eigenvalue weighted by Gasteiger charge is 2.38. The summed E-state index contributed by atoms with van der Waals surface area (Å²) in [7, 11) is 0. The first-order chi connectivity index (χ1) is 17.5. The number of carbonyl (C=O) groups excluding carboxylic acids is 2. The van der Waals surface area contributed by atoms with Crippen LogP contribution in [0.1, 0.15) is 43.8 Å². The average molecular weight is 477 g/mol. The Kier molecular flexibility index (Phi) is 6.26. The zero-order chi connectivity index (χ0) is 25.1. The molecule has 0 bridgehead atoms. The molecule has 1 unspecified atom stereocenters. The lowest BCUT2D eigenvalue weighted by Gasteiger charge is -2.32. The van der Waals surface area contributed by atoms with Gasteiger partial charge in [0.15, 0.2) is 11.6 Å². The summed E-state index contributed by atoms with van der Waals surface area (Å²) < 4.78 is 26.6. The van der Waals surface area contributed by atoms with E-state index in [1.54, 1.807) is 12.1 Å². The summed E-state index contributed by atoms with van der Waals surface area (Å²) >= 11 is 0. The van der Waals surface area contributed by atoms with Gasteiger partial charge in [0, 0.05) is 16.7 Å². The van der Waals surface area contributed by atoms with Crippen LogP contribution < -0.4 is 0 Å². The maximum absolute atomic E-state index is 13.7. The Morgan fingerprint density at radius 3 is 1.69 bits per heavy atom. The molecule has 0 aliphatic heterocycles. The van der Waals surface area contributed by atoms with Gasteiger partial charge in [0.05, 0.1) is 5.41 Å². The minimum atomic E-state index is -0.902. The number of rotatable bonds is 6. The van der Waals surface area contributed by atoms with Gasteiger partial charge in [-0.05, 0) is 71.7 Å². The smallest absolute Gasteiger partial charge is 0.193 e. The number of carbonyl (C=O) groups is 2. The van der Waals surface area contributed by atoms with E-state index in [9.17, 15) is 18.4 Å². The third-order valence-corrected chi connectivity index (χ3v) is 6.58. The quantitative estimate of drug-likeness (QED) is 0.273. The summed E-state index contributed by atoms with van der Waals surface area (Å²) in [6.07, 6.45) is 6.30. The highest BCUT2D eigenvalue weighted by molar-refractivity contribution is 6.09. The molecule has 0 fully saturated rings. The fraction of sp³-hybridized carbons (Fsp3) is 0.0625. The van der Waals surface area contributed by atoms with Crippen LogP contribution >= 0.6 is 0 Å². The van der Waals surface area contributed by atoms with Crippen LogP contribution in [0.15, 0.2) is 121 Å². The molecule has 0 spiro atoms. The molecule has 1 atom stereocenters. The molecule has 0 amide bonds. The van der Waals surface area contributed by atoms with Gasteiger partial charge in [-0.2, -0.15) is 0 Å². The molecule has 0 saturated heterocycles. The standard InChI is InChI=1S/C32H22F2O2/c33-28-14-10-25(11-15-28)30(35)24-8-6-22(7-9-24)23-18-20-32(21-19-23,27-4-2-1-3-5-27)31(36)26-12-16-29(34)17-13-26/h1-20H,21H2. The van der Waals surface area contributed by atoms with Crippen molar-refractivity contribution < 1.29 is 18.4 Å². The zero-order valence-electron chi connectivity index (χ0n) is 19.3. The molecule has 1 aliphatic carbocycles. The molecule has 0 saturated carbocycles. The molecular formula is C32H22F2O2. The highest BCUT2D eigenvalue weighted by atomic mass is 19.1. The second-order valence-electron chi connectivity index (χ2n) is 8.78. The Bertz CT molecular complexity index is 1470. The number of benzene rings is 4. The number of hydrogen-bond acceptors (Lipinski definition) is 2. The summed E-state index contributed by atoms with van der Waals surface area (Å²) in [5.74, 6) is -1.05. The van der Waals surface area contributed by atoms with Gasteiger partial charge in [0.1, 0.15) is 11.6 Å². The zero-order valence-corrected chi connectivity index (χ0v) is 19.3. The summed E-state index contributed by atoms with van der Waals surface area (Å²) in [4.78, 5) is 26.4. The van der Waals surface area contributed by atoms with Crippen LogP contribution in [0.3, 0.4) is 0 Å². The average Bonchev–Trinajstić information content (AvgIpc) is 2.94. The Morgan fingerprint density at radius 2 is 1.17 bits per heavy atom. The Balaban J connectivity index is 1.42. The maximum Gasteiger partial charge on any atom is 0.193 e. The van der Waals surface area contributed by atoms with Crippen LogP contribution in [0.4, 0.5) is 8.78 Å². The van der Waals surface area contributed by atoms with E-state index in [2.05, 4.69) is 0 Å². The topological polar surface area (TPSA) is 34.1 Å². The van der Waals surface area contributed by atoms with Gasteiger partial charge in [-0.15, -0.1) is 0 Å². The molecule has 4 aromatic rings. The molecule has 4 aromatic carbocycles. The Labute approximate surface area is 208 Å². The number of hydrogen-bond donors (Lipinski definition) is 0. The molecular weight excluding hydrogens is 454 g/mol. The van der Waals surface area contributed by atoms with Crippen LogP contribution in [0.5, 0.6) is 0 Å². The van der Waals surface area contributed by atoms with E-state index in [1.165, 1.54) is 48.5 Å². The van der Waals surface area contributed by atoms with E-state index >= 15 is 0 Å². The van der Waals surface area contributed by atoms with Gasteiger partial charge < -0.3 is 0 Å². The van der Waals surface area contributed by atoms with Gasteiger partial charge in [0.25, 0.3) is 0 Å². The van der Waals surface area contributed by atoms with E-state index in [0.29, 0.717) is 23.1 Å². The fourth-order valence-electron chi connectivity index (χ4n) is 4.54. The van der Waals surface area contributed by atoms with Gasteiger partial charge in [-0.3, -0.25) is 9.59 Å². The number of Topliss-reactive ketones (excluding diaryl/α,β-unsaturated/α-hetero) is 1. The maximum atomic E-state index is 13.7. The molecule has 36 heavy (non-hydrogen) atoms. The Morgan fingerprint density at radius 1 is 0.639 bits per heavy atom. The monoisotopic (exact) mass is 476 g/mol. The highest BCUT2D eigenvalue weighted by Crippen LogP contribution is 2.39. The van der Waals surface area contributed by atoms with Crippen molar-refractivity contribution in [3.8, 4) is 0 Å². The van der Waals surface area contributed by atoms with Crippen LogP contribution in [0, 0.1) is 11.6 Å². The predicted octanol–water partition coefficient (Wildman–Crippen LogP) is 7.36. The van der Waals surface area contributed by atoms with Gasteiger partial charge in [0.2, 0.25) is 0 Å². The molecule has 1 aliphatic rings. The fourth-order valence-corrected chi connectivity index (χ4v) is 4.54. The summed E-state index contributed by atoms with van der Waals surface area (Å²) in [6.45, 7) is 0. The van der Waals surface area contributed by atoms with E-state index in [0.717, 1.165) is 16.7 Å². The lowest BCUT2D eigenvalue weighted by Crippen LogP contribution is -2.34. The third kappa shape index (κ3) is 4.46. The predicted molar refractivity (Wildman–Crippen MR) is 137 cm³/mol. The molecule has 0 radical (unpaired) electrons. The number of allylic oxidation sites excluding steroid dienone is 4. The van der Waals surface area contributed by atoms with Gasteiger partial charge in [-0.25, -0.2) is 8.78 Å². The summed E-state index contributed by atoms with van der Waals surface area (Å²) in [6, 6.07) is 27.9. The third-order valence-electron chi connectivity index (χ3n) is 6.58. The van der Waals surface area contributed by atoms with Crippen molar-refractivity contribution in [2.75, 3.05) is 0 Å². The van der Waals surface area contributed by atoms with E-state index < -0.39 is 5.41 Å². The van der Waals surface area contributed by atoms with Crippen molar-refractivity contribution in [3.05, 3.63) is 161 Å². The lowest BCUT2D eigenvalue weighted by molar-refractivity contribution is 0.0916. The molecule has 0 heterocycles. The van der Waals surface area contributed by atoms with Crippen LogP contribution in [0.2, 0.25) is 0 Å². The first kappa shape index (κ1) is 23.3. The van der Waals surface area contributed by atoms with Crippen molar-refractivity contribution in [2.45, 2.75) is 11.8 Å². The molecule has 0 N–H and O–H groups in total. The second-order valence-corrected chi connectivity index (χ2v) is 8.78. The second kappa shape index (κ2) is 9.67.